The van der Waals surface area contributed by atoms with Crippen LogP contribution in [0.25, 0.3) is 0 Å². The standard InChI is InChI=1S/C11H11F3N2O5/c1-10(18,11(12,13)14)9(17)15-7-4-3-6(16(19)20)5-8(7)21-2/h3-5,18H,1-2H3,(H,15,17). The number of ether oxygens (including phenoxy) is 1. The lowest BCUT2D eigenvalue weighted by Gasteiger charge is -2.25. The third-order valence-corrected chi connectivity index (χ3v) is 2.64. The largest absolute Gasteiger partial charge is 0.494 e. The van der Waals surface area contributed by atoms with Gasteiger partial charge in [0.15, 0.2) is 0 Å². The fraction of sp³-hybridized carbons (Fsp3) is 0.364. The molecule has 116 valence electrons. The van der Waals surface area contributed by atoms with E-state index in [0.717, 1.165) is 25.3 Å². The van der Waals surface area contributed by atoms with E-state index in [9.17, 15) is 33.2 Å². The van der Waals surface area contributed by atoms with Crippen molar-refractivity contribution in [3.05, 3.63) is 28.3 Å². The summed E-state index contributed by atoms with van der Waals surface area (Å²) in [6.07, 6.45) is -5.18. The molecule has 21 heavy (non-hydrogen) atoms. The van der Waals surface area contributed by atoms with E-state index in [1.54, 1.807) is 0 Å². The van der Waals surface area contributed by atoms with Crippen LogP contribution in [0, 0.1) is 10.1 Å². The van der Waals surface area contributed by atoms with Crippen LogP contribution in [-0.4, -0.2) is 34.8 Å². The summed E-state index contributed by atoms with van der Waals surface area (Å²) in [4.78, 5) is 21.3. The maximum atomic E-state index is 12.5. The fourth-order valence-electron chi connectivity index (χ4n) is 1.27. The number of hydrogen-bond donors (Lipinski definition) is 2. The molecule has 1 unspecified atom stereocenters. The predicted molar refractivity (Wildman–Crippen MR) is 65.0 cm³/mol. The van der Waals surface area contributed by atoms with E-state index in [1.807, 2.05) is 5.32 Å². The first kappa shape index (κ1) is 16.7. The number of amides is 1. The third kappa shape index (κ3) is 3.40. The average molecular weight is 308 g/mol. The Morgan fingerprint density at radius 1 is 1.43 bits per heavy atom. The topological polar surface area (TPSA) is 102 Å². The molecular formula is C11H11F3N2O5. The first-order valence-electron chi connectivity index (χ1n) is 5.43. The van der Waals surface area contributed by atoms with Crippen LogP contribution in [-0.2, 0) is 4.79 Å². The van der Waals surface area contributed by atoms with Gasteiger partial charge >= 0.3 is 6.18 Å². The van der Waals surface area contributed by atoms with Crippen molar-refractivity contribution in [2.75, 3.05) is 12.4 Å². The first-order valence-corrected chi connectivity index (χ1v) is 5.43. The molecule has 2 N–H and O–H groups in total. The number of hydrogen-bond acceptors (Lipinski definition) is 5. The molecule has 0 fully saturated rings. The van der Waals surface area contributed by atoms with E-state index in [-0.39, 0.29) is 17.1 Å². The monoisotopic (exact) mass is 308 g/mol. The molecule has 0 heterocycles. The highest BCUT2D eigenvalue weighted by Crippen LogP contribution is 2.33. The Labute approximate surface area is 116 Å². The van der Waals surface area contributed by atoms with E-state index < -0.39 is 22.6 Å². The van der Waals surface area contributed by atoms with E-state index in [0.29, 0.717) is 6.92 Å². The predicted octanol–water partition coefficient (Wildman–Crippen LogP) is 1.86. The van der Waals surface area contributed by atoms with Crippen molar-refractivity contribution < 1.29 is 32.7 Å². The van der Waals surface area contributed by atoms with Gasteiger partial charge in [-0.1, -0.05) is 0 Å². The Morgan fingerprint density at radius 2 is 2.00 bits per heavy atom. The summed E-state index contributed by atoms with van der Waals surface area (Å²) in [5.41, 5.74) is -4.22. The maximum Gasteiger partial charge on any atom is 0.426 e. The van der Waals surface area contributed by atoms with Crippen molar-refractivity contribution in [1.29, 1.82) is 0 Å². The minimum atomic E-state index is -5.18. The SMILES string of the molecule is COc1cc([N+](=O)[O-])ccc1NC(=O)C(C)(O)C(F)(F)F. The van der Waals surface area contributed by atoms with Crippen molar-refractivity contribution in [1.82, 2.24) is 0 Å². The van der Waals surface area contributed by atoms with Crippen LogP contribution in [0.2, 0.25) is 0 Å². The number of carbonyl (C=O) groups is 1. The maximum absolute atomic E-state index is 12.5. The molecule has 0 radical (unpaired) electrons. The Hall–Kier alpha value is -2.36. The summed E-state index contributed by atoms with van der Waals surface area (Å²) in [6, 6.07) is 2.90. The highest BCUT2D eigenvalue weighted by molar-refractivity contribution is 5.98. The highest BCUT2D eigenvalue weighted by Gasteiger charge is 2.55. The third-order valence-electron chi connectivity index (χ3n) is 2.64. The van der Waals surface area contributed by atoms with E-state index in [2.05, 4.69) is 0 Å². The molecule has 0 aliphatic heterocycles. The van der Waals surface area contributed by atoms with Crippen LogP contribution in [0.5, 0.6) is 5.75 Å². The summed E-state index contributed by atoms with van der Waals surface area (Å²) < 4.78 is 42.3. The van der Waals surface area contributed by atoms with Crippen molar-refractivity contribution in [2.24, 2.45) is 0 Å². The lowest BCUT2D eigenvalue weighted by Crippen LogP contribution is -2.52. The Kier molecular flexibility index (Phi) is 4.42. The van der Waals surface area contributed by atoms with E-state index in [1.165, 1.54) is 0 Å². The van der Waals surface area contributed by atoms with Crippen LogP contribution in [0.3, 0.4) is 0 Å². The molecule has 1 rings (SSSR count). The van der Waals surface area contributed by atoms with Gasteiger partial charge in [-0.3, -0.25) is 14.9 Å². The molecule has 0 aromatic heterocycles. The van der Waals surface area contributed by atoms with Gasteiger partial charge in [-0.05, 0) is 13.0 Å². The number of aliphatic hydroxyl groups is 1. The molecule has 10 heteroatoms. The molecule has 1 aromatic carbocycles. The second kappa shape index (κ2) is 5.56. The summed E-state index contributed by atoms with van der Waals surface area (Å²) in [7, 11) is 1.12. The molecule has 0 saturated carbocycles. The highest BCUT2D eigenvalue weighted by atomic mass is 19.4. The number of nitro groups is 1. The summed E-state index contributed by atoms with van der Waals surface area (Å²) in [5.74, 6) is -1.95. The van der Waals surface area contributed by atoms with Crippen LogP contribution < -0.4 is 10.1 Å². The average Bonchev–Trinajstić information content (AvgIpc) is 2.37. The second-order valence-corrected chi connectivity index (χ2v) is 4.17. The zero-order chi connectivity index (χ0) is 16.4. The molecule has 1 amide bonds. The van der Waals surface area contributed by atoms with Gasteiger partial charge < -0.3 is 15.2 Å². The Morgan fingerprint density at radius 3 is 2.43 bits per heavy atom. The van der Waals surface area contributed by atoms with Crippen molar-refractivity contribution >= 4 is 17.3 Å². The molecular weight excluding hydrogens is 297 g/mol. The first-order chi connectivity index (χ1) is 9.50. The molecule has 1 atom stereocenters. The zero-order valence-electron chi connectivity index (χ0n) is 10.9. The van der Waals surface area contributed by atoms with Gasteiger partial charge in [0.25, 0.3) is 11.6 Å². The van der Waals surface area contributed by atoms with Gasteiger partial charge in [0.1, 0.15) is 5.75 Å². The number of nitro benzene ring substituents is 1. The van der Waals surface area contributed by atoms with Crippen LogP contribution >= 0.6 is 0 Å². The van der Waals surface area contributed by atoms with Crippen molar-refractivity contribution in [3.63, 3.8) is 0 Å². The number of anilines is 1. The van der Waals surface area contributed by atoms with Gasteiger partial charge in [0.05, 0.1) is 23.8 Å². The molecule has 7 nitrogen and oxygen atoms in total. The summed E-state index contributed by atoms with van der Waals surface area (Å²) in [6.45, 7) is 0.292. The Balaban J connectivity index is 3.09. The number of nitrogens with zero attached hydrogens (tertiary/aromatic N) is 1. The number of halogens is 3. The number of nitrogens with one attached hydrogen (secondary N) is 1. The molecule has 0 saturated heterocycles. The van der Waals surface area contributed by atoms with E-state index in [4.69, 9.17) is 4.74 Å². The molecule has 0 spiro atoms. The minimum Gasteiger partial charge on any atom is -0.494 e. The Bertz CT molecular complexity index is 571. The van der Waals surface area contributed by atoms with Crippen LogP contribution in [0.4, 0.5) is 24.5 Å². The number of benzene rings is 1. The van der Waals surface area contributed by atoms with Gasteiger partial charge in [0.2, 0.25) is 5.60 Å². The van der Waals surface area contributed by atoms with Gasteiger partial charge in [-0.15, -0.1) is 0 Å². The lowest BCUT2D eigenvalue weighted by atomic mass is 10.1. The fourth-order valence-corrected chi connectivity index (χ4v) is 1.27. The second-order valence-electron chi connectivity index (χ2n) is 4.17. The van der Waals surface area contributed by atoms with Crippen LogP contribution in [0.1, 0.15) is 6.92 Å². The molecule has 1 aromatic rings. The van der Waals surface area contributed by atoms with Crippen molar-refractivity contribution in [3.8, 4) is 5.75 Å². The quantitative estimate of drug-likeness (QED) is 0.653. The smallest absolute Gasteiger partial charge is 0.426 e. The zero-order valence-corrected chi connectivity index (χ0v) is 10.9. The van der Waals surface area contributed by atoms with Gasteiger partial charge in [0, 0.05) is 6.07 Å². The van der Waals surface area contributed by atoms with Crippen molar-refractivity contribution in [2.45, 2.75) is 18.7 Å². The summed E-state index contributed by atoms with van der Waals surface area (Å²) in [5, 5.41) is 21.6. The van der Waals surface area contributed by atoms with Gasteiger partial charge in [-0.2, -0.15) is 13.2 Å². The molecule has 0 aliphatic rings. The minimum absolute atomic E-state index is 0.212. The molecule has 0 bridgehead atoms. The molecule has 0 aliphatic carbocycles. The number of alkyl halides is 3. The van der Waals surface area contributed by atoms with Gasteiger partial charge in [-0.25, -0.2) is 0 Å². The lowest BCUT2D eigenvalue weighted by molar-refractivity contribution is -0.384. The summed E-state index contributed by atoms with van der Waals surface area (Å²) >= 11 is 0. The number of rotatable bonds is 4. The number of methoxy groups -OCH3 is 1. The number of non-ortho nitro benzene ring substituents is 1. The van der Waals surface area contributed by atoms with E-state index >= 15 is 0 Å². The normalized spacial score (nSPS) is 14.2. The number of carbonyl (C=O) groups excluding carboxylic acids is 1. The van der Waals surface area contributed by atoms with Crippen LogP contribution in [0.15, 0.2) is 18.2 Å².